The average molecular weight is 281 g/mol. The molecule has 3 N–H and O–H groups in total. The van der Waals surface area contributed by atoms with Crippen LogP contribution < -0.4 is 11.3 Å². The lowest BCUT2D eigenvalue weighted by Crippen LogP contribution is -2.09. The van der Waals surface area contributed by atoms with Gasteiger partial charge < -0.3 is 15.2 Å². The minimum atomic E-state index is -0.277. The van der Waals surface area contributed by atoms with E-state index >= 15 is 0 Å². The Balaban J connectivity index is 1.98. The number of hydrogen-bond donors (Lipinski definition) is 2. The van der Waals surface area contributed by atoms with Crippen molar-refractivity contribution < 1.29 is 4.52 Å². The van der Waals surface area contributed by atoms with Crippen molar-refractivity contribution in [2.45, 2.75) is 31.2 Å². The van der Waals surface area contributed by atoms with E-state index < -0.39 is 0 Å². The van der Waals surface area contributed by atoms with Gasteiger partial charge in [0.25, 0.3) is 5.56 Å². The van der Waals surface area contributed by atoms with Gasteiger partial charge in [-0.3, -0.25) is 4.79 Å². The van der Waals surface area contributed by atoms with E-state index in [1.165, 1.54) is 17.8 Å². The lowest BCUT2D eigenvalue weighted by Gasteiger charge is -1.98. The van der Waals surface area contributed by atoms with Gasteiger partial charge >= 0.3 is 0 Å². The molecule has 7 nitrogen and oxygen atoms in total. The Kier molecular flexibility index (Phi) is 4.20. The van der Waals surface area contributed by atoms with Crippen LogP contribution in [-0.4, -0.2) is 20.1 Å². The molecule has 0 fully saturated rings. The average Bonchev–Trinajstić information content (AvgIpc) is 2.72. The molecule has 2 aromatic rings. The van der Waals surface area contributed by atoms with Gasteiger partial charge in [-0.15, -0.1) is 0 Å². The van der Waals surface area contributed by atoms with Gasteiger partial charge in [-0.2, -0.15) is 4.98 Å². The van der Waals surface area contributed by atoms with Crippen molar-refractivity contribution in [3.05, 3.63) is 28.1 Å². The highest BCUT2D eigenvalue weighted by molar-refractivity contribution is 7.98. The molecule has 0 spiro atoms. The number of thioether (sulfide) groups is 1. The molecule has 19 heavy (non-hydrogen) atoms. The number of H-pyrrole nitrogens is 1. The number of nitrogens with two attached hydrogens (primary N) is 1. The van der Waals surface area contributed by atoms with E-state index in [2.05, 4.69) is 34.0 Å². The van der Waals surface area contributed by atoms with Crippen LogP contribution in [0.1, 0.15) is 25.6 Å². The van der Waals surface area contributed by atoms with Gasteiger partial charge in [0, 0.05) is 12.5 Å². The van der Waals surface area contributed by atoms with Crippen LogP contribution in [0, 0.1) is 5.92 Å². The largest absolute Gasteiger partial charge is 0.383 e. The normalized spacial score (nSPS) is 11.1. The number of aromatic amines is 1. The van der Waals surface area contributed by atoms with E-state index in [1.54, 1.807) is 0 Å². The third-order valence-corrected chi connectivity index (χ3v) is 3.03. The zero-order chi connectivity index (χ0) is 13.8. The van der Waals surface area contributed by atoms with Crippen molar-refractivity contribution in [2.75, 3.05) is 5.73 Å². The number of rotatable bonds is 5. The first-order valence-corrected chi connectivity index (χ1v) is 6.82. The zero-order valence-electron chi connectivity index (χ0n) is 10.7. The van der Waals surface area contributed by atoms with Crippen molar-refractivity contribution in [2.24, 2.45) is 5.92 Å². The number of nitrogens with one attached hydrogen (secondary N) is 1. The molecule has 0 atom stereocenters. The number of anilines is 1. The van der Waals surface area contributed by atoms with Gasteiger partial charge in [-0.25, -0.2) is 4.98 Å². The lowest BCUT2D eigenvalue weighted by atomic mass is 10.1. The summed E-state index contributed by atoms with van der Waals surface area (Å²) in [5.41, 5.74) is 5.21. The van der Waals surface area contributed by atoms with Crippen LogP contribution in [0.5, 0.6) is 0 Å². The fraction of sp³-hybridized carbons (Fsp3) is 0.455. The second kappa shape index (κ2) is 5.87. The molecule has 0 saturated heterocycles. The maximum atomic E-state index is 11.2. The van der Waals surface area contributed by atoms with Crippen LogP contribution in [0.15, 0.2) is 20.5 Å². The van der Waals surface area contributed by atoms with Crippen LogP contribution in [-0.2, 0) is 12.2 Å². The quantitative estimate of drug-likeness (QED) is 0.626. The molecule has 8 heteroatoms. The van der Waals surface area contributed by atoms with E-state index in [0.29, 0.717) is 28.5 Å². The van der Waals surface area contributed by atoms with E-state index in [0.717, 1.165) is 6.42 Å². The number of hydrogen-bond acceptors (Lipinski definition) is 7. The van der Waals surface area contributed by atoms with Gasteiger partial charge in [0.15, 0.2) is 11.0 Å². The van der Waals surface area contributed by atoms with Crippen LogP contribution in [0.2, 0.25) is 0 Å². The highest BCUT2D eigenvalue weighted by atomic mass is 32.2. The lowest BCUT2D eigenvalue weighted by molar-refractivity contribution is 0.382. The zero-order valence-corrected chi connectivity index (χ0v) is 11.5. The van der Waals surface area contributed by atoms with Crippen molar-refractivity contribution in [1.82, 2.24) is 20.1 Å². The SMILES string of the molecule is CC(C)Cc1noc(CSc2nc(N)cc(=O)[nH]2)n1. The Labute approximate surface area is 114 Å². The Morgan fingerprint density at radius 3 is 2.95 bits per heavy atom. The van der Waals surface area contributed by atoms with E-state index in [4.69, 9.17) is 10.3 Å². The van der Waals surface area contributed by atoms with Crippen molar-refractivity contribution >= 4 is 17.6 Å². The summed E-state index contributed by atoms with van der Waals surface area (Å²) < 4.78 is 5.11. The molecule has 102 valence electrons. The van der Waals surface area contributed by atoms with Crippen molar-refractivity contribution in [3.63, 3.8) is 0 Å². The van der Waals surface area contributed by atoms with Crippen LogP contribution >= 0.6 is 11.8 Å². The monoisotopic (exact) mass is 281 g/mol. The predicted octanol–water partition coefficient (Wildman–Crippen LogP) is 1.23. The molecule has 2 heterocycles. The van der Waals surface area contributed by atoms with Gasteiger partial charge in [-0.05, 0) is 5.92 Å². The Hall–Kier alpha value is -1.83. The molecule has 0 saturated carbocycles. The highest BCUT2D eigenvalue weighted by Crippen LogP contribution is 2.18. The molecule has 0 aromatic carbocycles. The van der Waals surface area contributed by atoms with E-state index in [1.807, 2.05) is 0 Å². The fourth-order valence-corrected chi connectivity index (χ4v) is 2.17. The molecule has 0 amide bonds. The second-order valence-electron chi connectivity index (χ2n) is 4.47. The van der Waals surface area contributed by atoms with Gasteiger partial charge in [0.05, 0.1) is 5.75 Å². The molecule has 0 aliphatic rings. The molecule has 0 bridgehead atoms. The molecule has 0 radical (unpaired) electrons. The number of nitrogen functional groups attached to an aromatic ring is 1. The Morgan fingerprint density at radius 1 is 1.47 bits per heavy atom. The fourth-order valence-electron chi connectivity index (χ4n) is 1.45. The summed E-state index contributed by atoms with van der Waals surface area (Å²) in [6.45, 7) is 4.18. The first-order valence-electron chi connectivity index (χ1n) is 5.84. The van der Waals surface area contributed by atoms with Crippen LogP contribution in [0.4, 0.5) is 5.82 Å². The summed E-state index contributed by atoms with van der Waals surface area (Å²) in [6.07, 6.45) is 0.779. The van der Waals surface area contributed by atoms with Crippen molar-refractivity contribution in [3.8, 4) is 0 Å². The maximum absolute atomic E-state index is 11.2. The van der Waals surface area contributed by atoms with E-state index in [9.17, 15) is 4.79 Å². The molecule has 2 aromatic heterocycles. The Bertz CT molecular complexity index is 607. The smallest absolute Gasteiger partial charge is 0.253 e. The first-order chi connectivity index (χ1) is 9.02. The molecular formula is C11H15N5O2S. The predicted molar refractivity (Wildman–Crippen MR) is 71.7 cm³/mol. The van der Waals surface area contributed by atoms with E-state index in [-0.39, 0.29) is 11.4 Å². The minimum absolute atomic E-state index is 0.192. The standard InChI is InChI=1S/C11H15N5O2S/c1-6(2)3-8-14-10(18-16-8)5-19-11-13-7(12)4-9(17)15-11/h4,6H,3,5H2,1-2H3,(H3,12,13,15,17). The first kappa shape index (κ1) is 13.6. The summed E-state index contributed by atoms with van der Waals surface area (Å²) in [4.78, 5) is 22.1. The maximum Gasteiger partial charge on any atom is 0.253 e. The van der Waals surface area contributed by atoms with Crippen LogP contribution in [0.3, 0.4) is 0 Å². The summed E-state index contributed by atoms with van der Waals surface area (Å²) in [7, 11) is 0. The molecule has 0 aliphatic heterocycles. The Morgan fingerprint density at radius 2 is 2.26 bits per heavy atom. The molecule has 2 rings (SSSR count). The van der Waals surface area contributed by atoms with Gasteiger partial charge in [0.2, 0.25) is 5.89 Å². The van der Waals surface area contributed by atoms with Gasteiger partial charge in [-0.1, -0.05) is 30.8 Å². The van der Waals surface area contributed by atoms with Crippen molar-refractivity contribution in [1.29, 1.82) is 0 Å². The van der Waals surface area contributed by atoms with Crippen LogP contribution in [0.25, 0.3) is 0 Å². The summed E-state index contributed by atoms with van der Waals surface area (Å²) >= 11 is 1.29. The highest BCUT2D eigenvalue weighted by Gasteiger charge is 2.09. The third-order valence-electron chi connectivity index (χ3n) is 2.17. The number of aromatic nitrogens is 4. The molecular weight excluding hydrogens is 266 g/mol. The summed E-state index contributed by atoms with van der Waals surface area (Å²) in [6, 6.07) is 1.23. The summed E-state index contributed by atoms with van der Waals surface area (Å²) in [5.74, 6) is 2.31. The molecule has 0 unspecified atom stereocenters. The second-order valence-corrected chi connectivity index (χ2v) is 5.43. The number of nitrogens with zero attached hydrogens (tertiary/aromatic N) is 3. The third kappa shape index (κ3) is 4.09. The molecule has 0 aliphatic carbocycles. The van der Waals surface area contributed by atoms with Gasteiger partial charge in [0.1, 0.15) is 5.82 Å². The topological polar surface area (TPSA) is 111 Å². The summed E-state index contributed by atoms with van der Waals surface area (Å²) in [5, 5.41) is 4.33. The minimum Gasteiger partial charge on any atom is -0.383 e.